The van der Waals surface area contributed by atoms with Crippen LogP contribution < -0.4 is 24.8 Å². The van der Waals surface area contributed by atoms with Gasteiger partial charge in [0.25, 0.3) is 0 Å². The molecule has 1 fully saturated rings. The van der Waals surface area contributed by atoms with E-state index >= 15 is 0 Å². The number of rotatable bonds is 9. The van der Waals surface area contributed by atoms with Crippen molar-refractivity contribution < 1.29 is 14.2 Å². The molecule has 1 unspecified atom stereocenters. The van der Waals surface area contributed by atoms with E-state index in [1.165, 1.54) is 18.4 Å². The summed E-state index contributed by atoms with van der Waals surface area (Å²) < 4.78 is 16.2. The summed E-state index contributed by atoms with van der Waals surface area (Å²) in [6.45, 7) is 3.57. The molecule has 0 aliphatic carbocycles. The molecule has 1 atom stereocenters. The number of nitrogens with one attached hydrogen (secondary N) is 2. The number of hydrogen-bond acceptors (Lipinski definition) is 5. The van der Waals surface area contributed by atoms with Crippen LogP contribution in [-0.4, -0.2) is 58.9 Å². The highest BCUT2D eigenvalue weighted by Gasteiger charge is 2.24. The van der Waals surface area contributed by atoms with Gasteiger partial charge in [-0.1, -0.05) is 12.1 Å². The van der Waals surface area contributed by atoms with Crippen molar-refractivity contribution in [1.29, 1.82) is 0 Å². The van der Waals surface area contributed by atoms with Gasteiger partial charge >= 0.3 is 0 Å². The molecule has 0 spiro atoms. The van der Waals surface area contributed by atoms with Crippen LogP contribution in [0.15, 0.2) is 47.5 Å². The molecular formula is C24H34N4O3. The highest BCUT2D eigenvalue weighted by molar-refractivity contribution is 5.79. The largest absolute Gasteiger partial charge is 0.497 e. The Kier molecular flexibility index (Phi) is 8.41. The lowest BCUT2D eigenvalue weighted by atomic mass is 10.1. The van der Waals surface area contributed by atoms with Crippen molar-refractivity contribution in [3.05, 3.63) is 53.6 Å². The maximum absolute atomic E-state index is 5.50. The molecule has 0 saturated carbocycles. The first-order chi connectivity index (χ1) is 15.2. The predicted octanol–water partition coefficient (Wildman–Crippen LogP) is 3.21. The quantitative estimate of drug-likeness (QED) is 0.474. The van der Waals surface area contributed by atoms with E-state index in [1.54, 1.807) is 28.4 Å². The second-order valence-corrected chi connectivity index (χ2v) is 7.52. The molecular weight excluding hydrogens is 392 g/mol. The van der Waals surface area contributed by atoms with Crippen LogP contribution in [-0.2, 0) is 6.54 Å². The van der Waals surface area contributed by atoms with Crippen molar-refractivity contribution in [2.24, 2.45) is 4.99 Å². The highest BCUT2D eigenvalue weighted by atomic mass is 16.5. The van der Waals surface area contributed by atoms with Gasteiger partial charge in [0.1, 0.15) is 17.2 Å². The lowest BCUT2D eigenvalue weighted by Crippen LogP contribution is -2.42. The lowest BCUT2D eigenvalue weighted by molar-refractivity contribution is 0.245. The fourth-order valence-electron chi connectivity index (χ4n) is 3.95. The number of guanidine groups is 1. The van der Waals surface area contributed by atoms with Crippen LogP contribution in [0.1, 0.15) is 30.0 Å². The standard InChI is InChI=1S/C24H34N4O3/c1-25-24(26-16-19-10-11-21(30-3)15-23(19)31-4)27-17-22(28-12-5-6-13-28)18-8-7-9-20(14-18)29-2/h7-11,14-15,22H,5-6,12-13,16-17H2,1-4H3,(H2,25,26,27). The summed E-state index contributed by atoms with van der Waals surface area (Å²) in [5.74, 6) is 3.20. The van der Waals surface area contributed by atoms with Crippen LogP contribution in [0.5, 0.6) is 17.2 Å². The third-order valence-electron chi connectivity index (χ3n) is 5.69. The Morgan fingerprint density at radius 2 is 1.71 bits per heavy atom. The first-order valence-corrected chi connectivity index (χ1v) is 10.7. The fraction of sp³-hybridized carbons (Fsp3) is 0.458. The summed E-state index contributed by atoms with van der Waals surface area (Å²) >= 11 is 0. The van der Waals surface area contributed by atoms with Gasteiger partial charge in [0.2, 0.25) is 0 Å². The third-order valence-corrected chi connectivity index (χ3v) is 5.69. The molecule has 0 aromatic heterocycles. The maximum atomic E-state index is 5.50. The van der Waals surface area contributed by atoms with E-state index < -0.39 is 0 Å². The fourth-order valence-corrected chi connectivity index (χ4v) is 3.95. The van der Waals surface area contributed by atoms with Gasteiger partial charge in [-0.15, -0.1) is 0 Å². The molecule has 2 aromatic rings. The molecule has 3 rings (SSSR count). The summed E-state index contributed by atoms with van der Waals surface area (Å²) in [6.07, 6.45) is 2.48. The van der Waals surface area contributed by atoms with E-state index in [1.807, 2.05) is 24.3 Å². The normalized spacial score (nSPS) is 15.4. The van der Waals surface area contributed by atoms with Crippen LogP contribution in [0, 0.1) is 0 Å². The average molecular weight is 427 g/mol. The molecule has 1 heterocycles. The smallest absolute Gasteiger partial charge is 0.191 e. The van der Waals surface area contributed by atoms with E-state index in [-0.39, 0.29) is 6.04 Å². The minimum absolute atomic E-state index is 0.256. The lowest BCUT2D eigenvalue weighted by Gasteiger charge is -2.29. The van der Waals surface area contributed by atoms with Crippen molar-refractivity contribution >= 4 is 5.96 Å². The SMILES string of the molecule is CN=C(NCc1ccc(OC)cc1OC)NCC(c1cccc(OC)c1)N1CCCC1. The van der Waals surface area contributed by atoms with Gasteiger partial charge in [-0.05, 0) is 55.8 Å². The molecule has 2 aromatic carbocycles. The van der Waals surface area contributed by atoms with Crippen molar-refractivity contribution in [2.75, 3.05) is 48.0 Å². The molecule has 31 heavy (non-hydrogen) atoms. The molecule has 168 valence electrons. The molecule has 0 bridgehead atoms. The molecule has 2 N–H and O–H groups in total. The van der Waals surface area contributed by atoms with E-state index in [0.717, 1.165) is 48.4 Å². The Balaban J connectivity index is 1.65. The van der Waals surface area contributed by atoms with E-state index in [9.17, 15) is 0 Å². The van der Waals surface area contributed by atoms with E-state index in [0.29, 0.717) is 6.54 Å². The Labute approximate surface area is 185 Å². The zero-order chi connectivity index (χ0) is 22.1. The number of aliphatic imine (C=N–C) groups is 1. The zero-order valence-electron chi connectivity index (χ0n) is 19.0. The van der Waals surface area contributed by atoms with Crippen LogP contribution in [0.4, 0.5) is 0 Å². The van der Waals surface area contributed by atoms with Gasteiger partial charge in [-0.3, -0.25) is 9.89 Å². The topological polar surface area (TPSA) is 67.4 Å². The molecule has 0 radical (unpaired) electrons. The zero-order valence-corrected chi connectivity index (χ0v) is 19.0. The van der Waals surface area contributed by atoms with E-state index in [4.69, 9.17) is 14.2 Å². The van der Waals surface area contributed by atoms with Gasteiger partial charge in [0.05, 0.1) is 27.4 Å². The summed E-state index contributed by atoms with van der Waals surface area (Å²) in [4.78, 5) is 6.93. The van der Waals surface area contributed by atoms with Gasteiger partial charge in [-0.2, -0.15) is 0 Å². The van der Waals surface area contributed by atoms with Crippen LogP contribution in [0.3, 0.4) is 0 Å². The predicted molar refractivity (Wildman–Crippen MR) is 124 cm³/mol. The van der Waals surface area contributed by atoms with Crippen LogP contribution in [0.25, 0.3) is 0 Å². The number of methoxy groups -OCH3 is 3. The molecule has 1 aliphatic heterocycles. The maximum Gasteiger partial charge on any atom is 0.191 e. The summed E-state index contributed by atoms with van der Waals surface area (Å²) in [5, 5.41) is 6.90. The van der Waals surface area contributed by atoms with E-state index in [2.05, 4.69) is 38.7 Å². The molecule has 0 amide bonds. The summed E-state index contributed by atoms with van der Waals surface area (Å²) in [6, 6.07) is 14.4. The molecule has 7 heteroatoms. The summed E-state index contributed by atoms with van der Waals surface area (Å²) in [7, 11) is 6.82. The van der Waals surface area contributed by atoms with Crippen molar-refractivity contribution in [1.82, 2.24) is 15.5 Å². The number of ether oxygens (including phenoxy) is 3. The number of benzene rings is 2. The number of hydrogen-bond donors (Lipinski definition) is 2. The minimum Gasteiger partial charge on any atom is -0.497 e. The van der Waals surface area contributed by atoms with Crippen molar-refractivity contribution in [3.8, 4) is 17.2 Å². The number of nitrogens with zero attached hydrogens (tertiary/aromatic N) is 2. The molecule has 7 nitrogen and oxygen atoms in total. The van der Waals surface area contributed by atoms with Gasteiger partial charge < -0.3 is 24.8 Å². The monoisotopic (exact) mass is 426 g/mol. The van der Waals surface area contributed by atoms with Crippen LogP contribution >= 0.6 is 0 Å². The van der Waals surface area contributed by atoms with Crippen molar-refractivity contribution in [3.63, 3.8) is 0 Å². The Morgan fingerprint density at radius 1 is 0.968 bits per heavy atom. The van der Waals surface area contributed by atoms with Gasteiger partial charge in [-0.25, -0.2) is 0 Å². The second kappa shape index (κ2) is 11.5. The second-order valence-electron chi connectivity index (χ2n) is 7.52. The Hall–Kier alpha value is -2.93. The Bertz CT molecular complexity index is 866. The summed E-state index contributed by atoms with van der Waals surface area (Å²) in [5.41, 5.74) is 2.29. The highest BCUT2D eigenvalue weighted by Crippen LogP contribution is 2.27. The molecule has 1 aliphatic rings. The van der Waals surface area contributed by atoms with Gasteiger partial charge in [0.15, 0.2) is 5.96 Å². The van der Waals surface area contributed by atoms with Crippen molar-refractivity contribution in [2.45, 2.75) is 25.4 Å². The van der Waals surface area contributed by atoms with Crippen LogP contribution in [0.2, 0.25) is 0 Å². The number of likely N-dealkylation sites (tertiary alicyclic amines) is 1. The minimum atomic E-state index is 0.256. The molecule has 1 saturated heterocycles. The van der Waals surface area contributed by atoms with Gasteiger partial charge in [0, 0.05) is 31.8 Å². The Morgan fingerprint density at radius 3 is 2.39 bits per heavy atom. The average Bonchev–Trinajstić information content (AvgIpc) is 3.35. The first kappa shape index (κ1) is 22.7. The first-order valence-electron chi connectivity index (χ1n) is 10.7. The third kappa shape index (κ3) is 6.04.